The average molecular weight is 242 g/mol. The van der Waals surface area contributed by atoms with Crippen molar-refractivity contribution in [2.24, 2.45) is 5.92 Å². The monoisotopic (exact) mass is 242 g/mol. The highest BCUT2D eigenvalue weighted by atomic mass is 16.1. The third-order valence-corrected chi connectivity index (χ3v) is 4.03. The first-order valence-electron chi connectivity index (χ1n) is 6.77. The summed E-state index contributed by atoms with van der Waals surface area (Å²) < 4.78 is 2.18. The smallest absolute Gasteiger partial charge is 0.150 e. The largest absolute Gasteiger partial charge is 0.331 e. The third kappa shape index (κ3) is 2.17. The van der Waals surface area contributed by atoms with Crippen molar-refractivity contribution in [3.8, 4) is 0 Å². The van der Waals surface area contributed by atoms with E-state index in [4.69, 9.17) is 0 Å². The van der Waals surface area contributed by atoms with Gasteiger partial charge in [-0.1, -0.05) is 25.7 Å². The van der Waals surface area contributed by atoms with E-state index in [1.807, 2.05) is 24.5 Å². The molecule has 0 atom stereocenters. The van der Waals surface area contributed by atoms with Gasteiger partial charge in [0.15, 0.2) is 0 Å². The van der Waals surface area contributed by atoms with Gasteiger partial charge in [0.25, 0.3) is 0 Å². The van der Waals surface area contributed by atoms with Crippen molar-refractivity contribution in [3.63, 3.8) is 0 Å². The lowest BCUT2D eigenvalue weighted by Crippen LogP contribution is -2.02. The van der Waals surface area contributed by atoms with Gasteiger partial charge < -0.3 is 4.57 Å². The minimum Gasteiger partial charge on any atom is -0.331 e. The number of aryl methyl sites for hydroxylation is 1. The maximum atomic E-state index is 10.8. The van der Waals surface area contributed by atoms with E-state index in [9.17, 15) is 4.79 Å². The molecule has 1 aromatic carbocycles. The van der Waals surface area contributed by atoms with Crippen molar-refractivity contribution in [2.75, 3.05) is 0 Å². The number of benzene rings is 1. The lowest BCUT2D eigenvalue weighted by molar-refractivity contribution is 0.112. The molecule has 3 heteroatoms. The Balaban J connectivity index is 1.80. The third-order valence-electron chi connectivity index (χ3n) is 4.03. The number of aromatic nitrogens is 2. The summed E-state index contributed by atoms with van der Waals surface area (Å²) in [4.78, 5) is 15.2. The van der Waals surface area contributed by atoms with Crippen molar-refractivity contribution in [2.45, 2.75) is 38.6 Å². The van der Waals surface area contributed by atoms with Crippen LogP contribution in [0.15, 0.2) is 24.5 Å². The summed E-state index contributed by atoms with van der Waals surface area (Å²) in [5, 5.41) is 0. The summed E-state index contributed by atoms with van der Waals surface area (Å²) in [6, 6.07) is 5.68. The topological polar surface area (TPSA) is 34.9 Å². The Hall–Kier alpha value is -1.64. The Morgan fingerprint density at radius 2 is 2.17 bits per heavy atom. The fourth-order valence-electron chi connectivity index (χ4n) is 2.95. The molecule has 1 fully saturated rings. The molecule has 1 aliphatic carbocycles. The van der Waals surface area contributed by atoms with Gasteiger partial charge >= 0.3 is 0 Å². The van der Waals surface area contributed by atoms with Crippen LogP contribution in [0.3, 0.4) is 0 Å². The molecular formula is C15H18N2O. The van der Waals surface area contributed by atoms with E-state index in [-0.39, 0.29) is 0 Å². The van der Waals surface area contributed by atoms with Crippen molar-refractivity contribution in [3.05, 3.63) is 30.1 Å². The van der Waals surface area contributed by atoms with Crippen LogP contribution in [0.1, 0.15) is 42.5 Å². The van der Waals surface area contributed by atoms with Gasteiger partial charge in [0.2, 0.25) is 0 Å². The molecule has 1 aliphatic rings. The maximum absolute atomic E-state index is 10.8. The molecule has 0 bridgehead atoms. The zero-order valence-electron chi connectivity index (χ0n) is 10.5. The van der Waals surface area contributed by atoms with Gasteiger partial charge in [0, 0.05) is 12.1 Å². The number of imidazole rings is 1. The maximum Gasteiger partial charge on any atom is 0.150 e. The standard InChI is InChI=1S/C15H18N2O/c18-10-13-5-6-14-15(9-13)17(11-16-14)8-7-12-3-1-2-4-12/h5-6,9-12H,1-4,7-8H2. The molecule has 0 saturated heterocycles. The van der Waals surface area contributed by atoms with Gasteiger partial charge in [0.1, 0.15) is 6.29 Å². The molecule has 0 radical (unpaired) electrons. The highest BCUT2D eigenvalue weighted by Gasteiger charge is 2.15. The number of hydrogen-bond acceptors (Lipinski definition) is 2. The first-order chi connectivity index (χ1) is 8.86. The number of carbonyl (C=O) groups excluding carboxylic acids is 1. The van der Waals surface area contributed by atoms with E-state index < -0.39 is 0 Å². The van der Waals surface area contributed by atoms with Crippen LogP contribution in [0, 0.1) is 5.92 Å². The van der Waals surface area contributed by atoms with E-state index in [1.54, 1.807) is 0 Å². The van der Waals surface area contributed by atoms with Gasteiger partial charge in [-0.2, -0.15) is 0 Å². The van der Waals surface area contributed by atoms with Crippen LogP contribution in [0.25, 0.3) is 11.0 Å². The summed E-state index contributed by atoms with van der Waals surface area (Å²) in [5.74, 6) is 0.886. The Morgan fingerprint density at radius 1 is 1.33 bits per heavy atom. The Bertz CT molecular complexity index is 553. The van der Waals surface area contributed by atoms with Crippen molar-refractivity contribution in [1.29, 1.82) is 0 Å². The molecular weight excluding hydrogens is 224 g/mol. The normalized spacial score (nSPS) is 16.4. The number of nitrogens with zero attached hydrogens (tertiary/aromatic N) is 2. The summed E-state index contributed by atoms with van der Waals surface area (Å²) in [5.41, 5.74) is 2.79. The summed E-state index contributed by atoms with van der Waals surface area (Å²) in [6.07, 6.45) is 9.58. The molecule has 0 spiro atoms. The molecule has 18 heavy (non-hydrogen) atoms. The number of hydrogen-bond donors (Lipinski definition) is 0. The van der Waals surface area contributed by atoms with Crippen molar-refractivity contribution < 1.29 is 4.79 Å². The quantitative estimate of drug-likeness (QED) is 0.770. The minimum atomic E-state index is 0.727. The minimum absolute atomic E-state index is 0.727. The molecule has 0 N–H and O–H groups in total. The fourth-order valence-corrected chi connectivity index (χ4v) is 2.95. The van der Waals surface area contributed by atoms with Crippen LogP contribution in [-0.2, 0) is 6.54 Å². The van der Waals surface area contributed by atoms with Gasteiger partial charge in [-0.15, -0.1) is 0 Å². The van der Waals surface area contributed by atoms with E-state index in [0.717, 1.165) is 35.3 Å². The highest BCUT2D eigenvalue weighted by Crippen LogP contribution is 2.28. The SMILES string of the molecule is O=Cc1ccc2ncn(CCC3CCCC3)c2c1. The second-order valence-corrected chi connectivity index (χ2v) is 5.24. The summed E-state index contributed by atoms with van der Waals surface area (Å²) in [7, 11) is 0. The molecule has 3 rings (SSSR count). The predicted octanol–water partition coefficient (Wildman–Crippen LogP) is 3.43. The van der Waals surface area contributed by atoms with E-state index in [2.05, 4.69) is 9.55 Å². The Morgan fingerprint density at radius 3 is 2.94 bits per heavy atom. The second-order valence-electron chi connectivity index (χ2n) is 5.24. The lowest BCUT2D eigenvalue weighted by atomic mass is 10.0. The Kier molecular flexibility index (Phi) is 3.13. The summed E-state index contributed by atoms with van der Waals surface area (Å²) >= 11 is 0. The molecule has 1 saturated carbocycles. The molecule has 94 valence electrons. The number of rotatable bonds is 4. The Labute approximate surface area is 107 Å². The van der Waals surface area contributed by atoms with Crippen molar-refractivity contribution in [1.82, 2.24) is 9.55 Å². The first kappa shape index (κ1) is 11.5. The molecule has 0 aliphatic heterocycles. The number of fused-ring (bicyclic) bond motifs is 1. The molecule has 3 nitrogen and oxygen atoms in total. The van der Waals surface area contributed by atoms with E-state index >= 15 is 0 Å². The van der Waals surface area contributed by atoms with Crippen molar-refractivity contribution >= 4 is 17.3 Å². The van der Waals surface area contributed by atoms with E-state index in [0.29, 0.717) is 0 Å². The molecule has 0 amide bonds. The molecule has 1 aromatic heterocycles. The highest BCUT2D eigenvalue weighted by molar-refractivity contribution is 5.84. The molecule has 2 aromatic rings. The van der Waals surface area contributed by atoms with Crippen LogP contribution in [0.4, 0.5) is 0 Å². The van der Waals surface area contributed by atoms with Crippen LogP contribution in [0.2, 0.25) is 0 Å². The van der Waals surface area contributed by atoms with Crippen LogP contribution in [0.5, 0.6) is 0 Å². The van der Waals surface area contributed by atoms with E-state index in [1.165, 1.54) is 32.1 Å². The molecule has 1 heterocycles. The van der Waals surface area contributed by atoms with Gasteiger partial charge in [-0.3, -0.25) is 4.79 Å². The average Bonchev–Trinajstić information content (AvgIpc) is 3.05. The summed E-state index contributed by atoms with van der Waals surface area (Å²) in [6.45, 7) is 1.02. The number of carbonyl (C=O) groups is 1. The predicted molar refractivity (Wildman–Crippen MR) is 71.7 cm³/mol. The number of aldehydes is 1. The van der Waals surface area contributed by atoms with Crippen LogP contribution >= 0.6 is 0 Å². The molecule has 0 unspecified atom stereocenters. The second kappa shape index (κ2) is 4.92. The zero-order chi connectivity index (χ0) is 12.4. The fraction of sp³-hybridized carbons (Fsp3) is 0.467. The van der Waals surface area contributed by atoms with Gasteiger partial charge in [0.05, 0.1) is 17.4 Å². The van der Waals surface area contributed by atoms with Gasteiger partial charge in [-0.05, 0) is 30.5 Å². The van der Waals surface area contributed by atoms with Crippen LogP contribution in [-0.4, -0.2) is 15.8 Å². The zero-order valence-corrected chi connectivity index (χ0v) is 10.5. The first-order valence-corrected chi connectivity index (χ1v) is 6.77. The van der Waals surface area contributed by atoms with Gasteiger partial charge in [-0.25, -0.2) is 4.98 Å². The van der Waals surface area contributed by atoms with Crippen LogP contribution < -0.4 is 0 Å². The lowest BCUT2D eigenvalue weighted by Gasteiger charge is -2.09.